The quantitative estimate of drug-likeness (QED) is 0.692. The van der Waals surface area contributed by atoms with E-state index >= 15 is 0 Å². The number of benzene rings is 1. The topological polar surface area (TPSA) is 33.4 Å². The zero-order chi connectivity index (χ0) is 15.1. The van der Waals surface area contributed by atoms with E-state index in [1.165, 1.54) is 5.56 Å². The summed E-state index contributed by atoms with van der Waals surface area (Å²) >= 11 is 0. The maximum Gasteiger partial charge on any atom is 0.415 e. The van der Waals surface area contributed by atoms with E-state index in [4.69, 9.17) is 4.74 Å². The van der Waals surface area contributed by atoms with Gasteiger partial charge < -0.3 is 26.6 Å². The number of halogens is 1. The van der Waals surface area contributed by atoms with E-state index in [0.29, 0.717) is 18.8 Å². The smallest absolute Gasteiger partial charge is 0.415 e. The van der Waals surface area contributed by atoms with Gasteiger partial charge >= 0.3 is 6.09 Å². The lowest BCUT2D eigenvalue weighted by atomic mass is 10.2. The van der Waals surface area contributed by atoms with Gasteiger partial charge in [-0.1, -0.05) is 30.3 Å². The van der Waals surface area contributed by atoms with Crippen LogP contribution < -0.4 is 26.3 Å². The lowest BCUT2D eigenvalue weighted by molar-refractivity contribution is -0.688. The van der Waals surface area contributed by atoms with Crippen LogP contribution in [0.1, 0.15) is 19.4 Å². The molecule has 0 unspecified atom stereocenters. The molecule has 5 heteroatoms. The molecule has 0 fully saturated rings. The van der Waals surface area contributed by atoms with Crippen molar-refractivity contribution in [1.82, 2.24) is 4.90 Å². The summed E-state index contributed by atoms with van der Waals surface area (Å²) in [7, 11) is 0. The van der Waals surface area contributed by atoms with E-state index in [1.807, 2.05) is 55.1 Å². The van der Waals surface area contributed by atoms with Crippen molar-refractivity contribution in [3.63, 3.8) is 0 Å². The molecule has 4 nitrogen and oxygen atoms in total. The maximum absolute atomic E-state index is 11.9. The lowest BCUT2D eigenvalue weighted by Crippen LogP contribution is -3.00. The Morgan fingerprint density at radius 2 is 1.77 bits per heavy atom. The van der Waals surface area contributed by atoms with Crippen molar-refractivity contribution in [3.8, 4) is 5.75 Å². The van der Waals surface area contributed by atoms with Crippen molar-refractivity contribution in [2.24, 2.45) is 0 Å². The van der Waals surface area contributed by atoms with Crippen molar-refractivity contribution in [2.75, 3.05) is 13.1 Å². The van der Waals surface area contributed by atoms with Gasteiger partial charge in [-0.15, -0.1) is 0 Å². The number of rotatable bonds is 5. The summed E-state index contributed by atoms with van der Waals surface area (Å²) in [4.78, 5) is 13.6. The molecule has 0 aliphatic carbocycles. The van der Waals surface area contributed by atoms with Crippen molar-refractivity contribution < 1.29 is 31.1 Å². The molecular weight excluding hydrogens is 344 g/mol. The molecule has 1 amide bonds. The van der Waals surface area contributed by atoms with Gasteiger partial charge in [0.05, 0.1) is 0 Å². The zero-order valence-corrected chi connectivity index (χ0v) is 14.5. The summed E-state index contributed by atoms with van der Waals surface area (Å²) in [6, 6.07) is 13.8. The van der Waals surface area contributed by atoms with E-state index in [0.717, 1.165) is 6.54 Å². The second-order valence-electron chi connectivity index (χ2n) is 4.74. The minimum atomic E-state index is -0.308. The summed E-state index contributed by atoms with van der Waals surface area (Å²) in [6.45, 7) is 5.91. The van der Waals surface area contributed by atoms with Crippen LogP contribution >= 0.6 is 0 Å². The van der Waals surface area contributed by atoms with E-state index < -0.39 is 0 Å². The lowest BCUT2D eigenvalue weighted by Gasteiger charge is -2.17. The molecule has 0 radical (unpaired) electrons. The fourth-order valence-corrected chi connectivity index (χ4v) is 2.10. The van der Waals surface area contributed by atoms with E-state index in [1.54, 1.807) is 11.0 Å². The summed E-state index contributed by atoms with van der Waals surface area (Å²) in [5.41, 5.74) is 1.20. The predicted octanol–water partition coefficient (Wildman–Crippen LogP) is -0.133. The summed E-state index contributed by atoms with van der Waals surface area (Å²) in [5.74, 6) is 0.560. The minimum Gasteiger partial charge on any atom is -1.00 e. The van der Waals surface area contributed by atoms with Gasteiger partial charge in [0.15, 0.2) is 18.5 Å². The molecule has 0 N–H and O–H groups in total. The Labute approximate surface area is 142 Å². The van der Waals surface area contributed by atoms with Crippen LogP contribution in [0.15, 0.2) is 54.9 Å². The minimum absolute atomic E-state index is 0. The van der Waals surface area contributed by atoms with Crippen LogP contribution in [0.5, 0.6) is 5.75 Å². The first-order valence-electron chi connectivity index (χ1n) is 7.22. The molecule has 22 heavy (non-hydrogen) atoms. The van der Waals surface area contributed by atoms with Crippen LogP contribution in [0.25, 0.3) is 0 Å². The SMILES string of the molecule is CCN(CC)C(=O)Oc1ccc[n+](Cc2ccccc2)c1.[Br-]. The molecule has 0 spiro atoms. The predicted molar refractivity (Wildman–Crippen MR) is 81.1 cm³/mol. The Bertz CT molecular complexity index is 586. The Kier molecular flexibility index (Phi) is 7.60. The molecule has 0 saturated heterocycles. The molecule has 0 bridgehead atoms. The number of pyridine rings is 1. The van der Waals surface area contributed by atoms with Crippen LogP contribution in [0.3, 0.4) is 0 Å². The molecule has 0 aliphatic heterocycles. The van der Waals surface area contributed by atoms with Gasteiger partial charge in [0.2, 0.25) is 6.20 Å². The highest BCUT2D eigenvalue weighted by Crippen LogP contribution is 2.08. The number of carbonyl (C=O) groups is 1. The van der Waals surface area contributed by atoms with Crippen molar-refractivity contribution in [2.45, 2.75) is 20.4 Å². The van der Waals surface area contributed by atoms with Gasteiger partial charge in [0.25, 0.3) is 0 Å². The molecule has 1 aromatic heterocycles. The van der Waals surface area contributed by atoms with Gasteiger partial charge in [-0.25, -0.2) is 4.79 Å². The summed E-state index contributed by atoms with van der Waals surface area (Å²) in [6.07, 6.45) is 3.49. The number of nitrogens with zero attached hydrogens (tertiary/aromatic N) is 2. The third kappa shape index (κ3) is 5.15. The number of amides is 1. The number of ether oxygens (including phenoxy) is 1. The molecule has 2 rings (SSSR count). The van der Waals surface area contributed by atoms with E-state index in [-0.39, 0.29) is 23.1 Å². The fraction of sp³-hybridized carbons (Fsp3) is 0.294. The molecule has 2 aromatic rings. The van der Waals surface area contributed by atoms with Crippen molar-refractivity contribution >= 4 is 6.09 Å². The van der Waals surface area contributed by atoms with Gasteiger partial charge in [-0.05, 0) is 19.9 Å². The van der Waals surface area contributed by atoms with Crippen LogP contribution in [0.4, 0.5) is 4.79 Å². The van der Waals surface area contributed by atoms with Crippen LogP contribution in [-0.4, -0.2) is 24.1 Å². The third-order valence-electron chi connectivity index (χ3n) is 3.27. The molecule has 118 valence electrons. The van der Waals surface area contributed by atoms with Gasteiger partial charge in [-0.3, -0.25) is 0 Å². The normalized spacial score (nSPS) is 9.73. The van der Waals surface area contributed by atoms with E-state index in [9.17, 15) is 4.79 Å². The van der Waals surface area contributed by atoms with Crippen molar-refractivity contribution in [1.29, 1.82) is 0 Å². The molecular formula is C17H21BrN2O2. The first-order chi connectivity index (χ1) is 10.2. The monoisotopic (exact) mass is 364 g/mol. The van der Waals surface area contributed by atoms with Crippen LogP contribution in [0.2, 0.25) is 0 Å². The highest BCUT2D eigenvalue weighted by molar-refractivity contribution is 5.70. The third-order valence-corrected chi connectivity index (χ3v) is 3.27. The number of hydrogen-bond acceptors (Lipinski definition) is 2. The Morgan fingerprint density at radius 1 is 1.09 bits per heavy atom. The highest BCUT2D eigenvalue weighted by atomic mass is 79.9. The van der Waals surface area contributed by atoms with Gasteiger partial charge in [-0.2, -0.15) is 4.57 Å². The Balaban J connectivity index is 0.00000242. The first-order valence-corrected chi connectivity index (χ1v) is 7.22. The molecule has 0 aliphatic rings. The second-order valence-corrected chi connectivity index (χ2v) is 4.74. The van der Waals surface area contributed by atoms with Crippen LogP contribution in [-0.2, 0) is 6.54 Å². The molecule has 1 aromatic carbocycles. The Morgan fingerprint density at radius 3 is 2.41 bits per heavy atom. The number of aromatic nitrogens is 1. The van der Waals surface area contributed by atoms with Gasteiger partial charge in [0, 0.05) is 24.7 Å². The zero-order valence-electron chi connectivity index (χ0n) is 12.9. The average Bonchev–Trinajstić information content (AvgIpc) is 2.50. The number of carbonyl (C=O) groups excluding carboxylic acids is 1. The largest absolute Gasteiger partial charge is 1.00 e. The number of hydrogen-bond donors (Lipinski definition) is 0. The van der Waals surface area contributed by atoms with E-state index in [2.05, 4.69) is 12.1 Å². The summed E-state index contributed by atoms with van der Waals surface area (Å²) in [5, 5.41) is 0. The molecule has 0 saturated carbocycles. The average molecular weight is 365 g/mol. The first kappa shape index (κ1) is 18.2. The Hall–Kier alpha value is -1.88. The summed E-state index contributed by atoms with van der Waals surface area (Å²) < 4.78 is 7.40. The fourth-order valence-electron chi connectivity index (χ4n) is 2.10. The maximum atomic E-state index is 11.9. The molecule has 0 atom stereocenters. The van der Waals surface area contributed by atoms with Crippen molar-refractivity contribution in [3.05, 3.63) is 60.4 Å². The van der Waals surface area contributed by atoms with Gasteiger partial charge in [0.1, 0.15) is 0 Å². The highest BCUT2D eigenvalue weighted by Gasteiger charge is 2.14. The molecule has 1 heterocycles. The van der Waals surface area contributed by atoms with Crippen LogP contribution in [0, 0.1) is 0 Å². The standard InChI is InChI=1S/C17H21N2O2.BrH/c1-3-19(4-2)17(20)21-16-11-8-12-18(14-16)13-15-9-6-5-7-10-15;/h5-12,14H,3-4,13H2,1-2H3;1H/q+1;/p-1. The second kappa shape index (κ2) is 9.20.